The van der Waals surface area contributed by atoms with E-state index in [-0.39, 0.29) is 0 Å². The standard InChI is InChI=1S/C6H14.C3H9N3Si/c1-3-5-6-4-2;1-7(2,3)6-5-4/h3-6H2,1-2H3;1-3H3. The van der Waals surface area contributed by atoms with Crippen LogP contribution in [0.1, 0.15) is 39.5 Å². The van der Waals surface area contributed by atoms with Gasteiger partial charge < -0.3 is 0 Å². The number of hydrogen-bond donors (Lipinski definition) is 0. The summed E-state index contributed by atoms with van der Waals surface area (Å²) in [6.07, 6.45) is 5.54. The number of azide groups is 1. The molecule has 0 rings (SSSR count). The molecular weight excluding hydrogens is 178 g/mol. The molecule has 0 amide bonds. The first kappa shape index (κ1) is 15.0. The van der Waals surface area contributed by atoms with E-state index < -0.39 is 8.24 Å². The van der Waals surface area contributed by atoms with Crippen molar-refractivity contribution < 1.29 is 0 Å². The highest BCUT2D eigenvalue weighted by molar-refractivity contribution is 6.74. The first-order valence-corrected chi connectivity index (χ1v) is 8.49. The summed E-state index contributed by atoms with van der Waals surface area (Å²) in [6.45, 7) is 10.4. The van der Waals surface area contributed by atoms with Crippen LogP contribution in [0.5, 0.6) is 0 Å². The second-order valence-electron chi connectivity index (χ2n) is 4.07. The maximum atomic E-state index is 7.89. The van der Waals surface area contributed by atoms with Crippen molar-refractivity contribution in [3.05, 3.63) is 10.4 Å². The molecule has 0 aromatic rings. The molecular formula is C9H23N3Si. The van der Waals surface area contributed by atoms with Crippen LogP contribution >= 0.6 is 0 Å². The van der Waals surface area contributed by atoms with E-state index in [2.05, 4.69) is 23.5 Å². The second-order valence-corrected chi connectivity index (χ2v) is 8.61. The van der Waals surface area contributed by atoms with Crippen molar-refractivity contribution in [3.63, 3.8) is 0 Å². The minimum Gasteiger partial charge on any atom is -0.125 e. The van der Waals surface area contributed by atoms with Crippen molar-refractivity contribution in [3.8, 4) is 0 Å². The Hall–Kier alpha value is -0.473. The summed E-state index contributed by atoms with van der Waals surface area (Å²) in [7, 11) is -1.45. The normalized spacial score (nSPS) is 9.62. The predicted molar refractivity (Wildman–Crippen MR) is 62.3 cm³/mol. The molecule has 0 N–H and O–H groups in total. The first-order valence-electron chi connectivity index (χ1n) is 5.04. The van der Waals surface area contributed by atoms with Gasteiger partial charge in [0.05, 0.1) is 0 Å². The van der Waals surface area contributed by atoms with E-state index in [0.717, 1.165) is 0 Å². The molecule has 0 unspecified atom stereocenters. The van der Waals surface area contributed by atoms with Crippen molar-refractivity contribution in [2.75, 3.05) is 0 Å². The summed E-state index contributed by atoms with van der Waals surface area (Å²) in [5.74, 6) is 0. The van der Waals surface area contributed by atoms with Gasteiger partial charge in [0.1, 0.15) is 8.24 Å². The minimum atomic E-state index is -1.45. The smallest absolute Gasteiger partial charge is 0.125 e. The van der Waals surface area contributed by atoms with E-state index in [1.807, 2.05) is 19.6 Å². The number of hydrogen-bond acceptors (Lipinski definition) is 1. The Kier molecular flexibility index (Phi) is 11.1. The summed E-state index contributed by atoms with van der Waals surface area (Å²) >= 11 is 0. The van der Waals surface area contributed by atoms with E-state index in [0.29, 0.717) is 0 Å². The van der Waals surface area contributed by atoms with E-state index in [9.17, 15) is 0 Å². The molecule has 0 fully saturated rings. The Balaban J connectivity index is 0. The van der Waals surface area contributed by atoms with E-state index in [1.165, 1.54) is 25.7 Å². The zero-order valence-corrected chi connectivity index (χ0v) is 10.7. The molecule has 0 radical (unpaired) electrons. The monoisotopic (exact) mass is 201 g/mol. The third-order valence-electron chi connectivity index (χ3n) is 1.30. The van der Waals surface area contributed by atoms with Gasteiger partial charge >= 0.3 is 0 Å². The molecule has 78 valence electrons. The largest absolute Gasteiger partial charge is 0.146 e. The van der Waals surface area contributed by atoms with Crippen LogP contribution in [0, 0.1) is 0 Å². The SMILES string of the molecule is CCCCCC.C[Si](C)(C)N=[N+]=[N-]. The maximum Gasteiger partial charge on any atom is 0.146 e. The van der Waals surface area contributed by atoms with Gasteiger partial charge in [0.15, 0.2) is 0 Å². The lowest BCUT2D eigenvalue weighted by atomic mass is 10.2. The van der Waals surface area contributed by atoms with E-state index in [4.69, 9.17) is 5.53 Å². The van der Waals surface area contributed by atoms with Crippen LogP contribution in [-0.2, 0) is 0 Å². The molecule has 0 atom stereocenters. The van der Waals surface area contributed by atoms with Crippen LogP contribution < -0.4 is 0 Å². The molecule has 0 aromatic carbocycles. The van der Waals surface area contributed by atoms with Gasteiger partial charge in [-0.05, 0) is 10.4 Å². The summed E-state index contributed by atoms with van der Waals surface area (Å²) in [6, 6.07) is 0. The fourth-order valence-electron chi connectivity index (χ4n) is 0.634. The highest BCUT2D eigenvalue weighted by Crippen LogP contribution is 2.00. The van der Waals surface area contributed by atoms with Crippen LogP contribution in [-0.4, -0.2) is 8.24 Å². The third kappa shape index (κ3) is 24.6. The first-order chi connectivity index (χ1) is 5.97. The van der Waals surface area contributed by atoms with Gasteiger partial charge in [-0.25, -0.2) is 0 Å². The minimum absolute atomic E-state index is 1.36. The van der Waals surface area contributed by atoms with Crippen molar-refractivity contribution >= 4 is 8.24 Å². The summed E-state index contributed by atoms with van der Waals surface area (Å²) in [5.41, 5.74) is 7.89. The molecule has 0 aliphatic rings. The molecule has 0 saturated heterocycles. The molecule has 0 spiro atoms. The molecule has 13 heavy (non-hydrogen) atoms. The number of nitrogens with zero attached hydrogens (tertiary/aromatic N) is 3. The van der Waals surface area contributed by atoms with Gasteiger partial charge in [0.2, 0.25) is 0 Å². The van der Waals surface area contributed by atoms with Crippen LogP contribution in [0.25, 0.3) is 10.4 Å². The average Bonchev–Trinajstić information content (AvgIpc) is 1.99. The fourth-order valence-corrected chi connectivity index (χ4v) is 0.902. The summed E-state index contributed by atoms with van der Waals surface area (Å²) in [4.78, 5) is 2.69. The van der Waals surface area contributed by atoms with Crippen LogP contribution in [0.15, 0.2) is 4.78 Å². The van der Waals surface area contributed by atoms with E-state index in [1.54, 1.807) is 0 Å². The summed E-state index contributed by atoms with van der Waals surface area (Å²) < 4.78 is 3.58. The average molecular weight is 201 g/mol. The van der Waals surface area contributed by atoms with Crippen LogP contribution in [0.2, 0.25) is 19.6 Å². The van der Waals surface area contributed by atoms with Crippen LogP contribution in [0.4, 0.5) is 0 Å². The van der Waals surface area contributed by atoms with Gasteiger partial charge in [0.25, 0.3) is 0 Å². The molecule has 0 aliphatic carbocycles. The predicted octanol–water partition coefficient (Wildman–Crippen LogP) is 4.72. The zero-order valence-electron chi connectivity index (χ0n) is 9.67. The van der Waals surface area contributed by atoms with Gasteiger partial charge in [-0.2, -0.15) is 0 Å². The molecule has 0 bridgehead atoms. The molecule has 0 heterocycles. The molecule has 0 saturated carbocycles. The van der Waals surface area contributed by atoms with Gasteiger partial charge in [0, 0.05) is 0 Å². The van der Waals surface area contributed by atoms with Crippen molar-refractivity contribution in [2.45, 2.75) is 59.2 Å². The highest BCUT2D eigenvalue weighted by Gasteiger charge is 2.07. The quantitative estimate of drug-likeness (QED) is 0.208. The molecule has 0 aliphatic heterocycles. The number of unbranched alkanes of at least 4 members (excludes halogenated alkanes) is 3. The highest BCUT2D eigenvalue weighted by atomic mass is 28.3. The van der Waals surface area contributed by atoms with E-state index >= 15 is 0 Å². The lowest BCUT2D eigenvalue weighted by Gasteiger charge is -2.01. The van der Waals surface area contributed by atoms with Crippen LogP contribution in [0.3, 0.4) is 0 Å². The van der Waals surface area contributed by atoms with Crippen molar-refractivity contribution in [2.24, 2.45) is 4.78 Å². The van der Waals surface area contributed by atoms with Crippen molar-refractivity contribution in [1.29, 1.82) is 0 Å². The summed E-state index contributed by atoms with van der Waals surface area (Å²) in [5, 5.41) is 0. The lowest BCUT2D eigenvalue weighted by Crippen LogP contribution is -2.13. The Morgan fingerprint density at radius 1 is 1.08 bits per heavy atom. The van der Waals surface area contributed by atoms with Gasteiger partial charge in [-0.1, -0.05) is 59.2 Å². The second kappa shape index (κ2) is 9.61. The zero-order chi connectivity index (χ0) is 10.7. The molecule has 0 aromatic heterocycles. The Bertz CT molecular complexity index is 141. The van der Waals surface area contributed by atoms with Gasteiger partial charge in [-0.15, -0.1) is 4.78 Å². The lowest BCUT2D eigenvalue weighted by molar-refractivity contribution is 0.702. The topological polar surface area (TPSA) is 48.8 Å². The molecule has 4 heteroatoms. The third-order valence-corrected chi connectivity index (χ3v) is 1.99. The maximum absolute atomic E-state index is 7.89. The number of rotatable bonds is 4. The molecule has 3 nitrogen and oxygen atoms in total. The Morgan fingerprint density at radius 3 is 1.54 bits per heavy atom. The fraction of sp³-hybridized carbons (Fsp3) is 1.00. The van der Waals surface area contributed by atoms with Crippen molar-refractivity contribution in [1.82, 2.24) is 0 Å². The Labute approximate surface area is 83.3 Å². The Morgan fingerprint density at radius 2 is 1.46 bits per heavy atom. The van der Waals surface area contributed by atoms with Gasteiger partial charge in [-0.3, -0.25) is 0 Å².